The van der Waals surface area contributed by atoms with Gasteiger partial charge in [-0.2, -0.15) is 0 Å². The smallest absolute Gasteiger partial charge is 0.325 e. The second-order valence-electron chi connectivity index (χ2n) is 3.62. The molecule has 1 atom stereocenters. The van der Waals surface area contributed by atoms with E-state index >= 15 is 0 Å². The van der Waals surface area contributed by atoms with Crippen LogP contribution < -0.4 is 5.32 Å². The molecule has 4 heteroatoms. The van der Waals surface area contributed by atoms with Crippen LogP contribution in [-0.4, -0.2) is 22.1 Å². The van der Waals surface area contributed by atoms with Crippen LogP contribution in [0.1, 0.15) is 6.92 Å². The van der Waals surface area contributed by atoms with Gasteiger partial charge in [0.05, 0.1) is 5.52 Å². The maximum atomic E-state index is 10.7. The third-order valence-corrected chi connectivity index (χ3v) is 2.36. The average molecular weight is 216 g/mol. The first kappa shape index (κ1) is 10.4. The highest BCUT2D eigenvalue weighted by Gasteiger charge is 2.09. The van der Waals surface area contributed by atoms with Crippen molar-refractivity contribution in [1.82, 2.24) is 4.98 Å². The summed E-state index contributed by atoms with van der Waals surface area (Å²) < 4.78 is 0. The Morgan fingerprint density at radius 3 is 3.00 bits per heavy atom. The molecule has 0 spiro atoms. The van der Waals surface area contributed by atoms with Crippen LogP contribution in [0.5, 0.6) is 0 Å². The van der Waals surface area contributed by atoms with Crippen molar-refractivity contribution in [3.63, 3.8) is 0 Å². The number of nitrogens with zero attached hydrogens (tertiary/aromatic N) is 1. The number of anilines is 1. The molecule has 0 amide bonds. The summed E-state index contributed by atoms with van der Waals surface area (Å²) in [4.78, 5) is 14.9. The predicted molar refractivity (Wildman–Crippen MR) is 62.5 cm³/mol. The summed E-state index contributed by atoms with van der Waals surface area (Å²) in [5, 5.41) is 12.7. The zero-order valence-corrected chi connectivity index (χ0v) is 8.84. The second-order valence-corrected chi connectivity index (χ2v) is 3.62. The zero-order chi connectivity index (χ0) is 11.5. The Balaban J connectivity index is 2.29. The first-order valence-corrected chi connectivity index (χ1v) is 5.01. The molecule has 2 rings (SSSR count). The molecule has 0 bridgehead atoms. The van der Waals surface area contributed by atoms with E-state index in [4.69, 9.17) is 5.11 Å². The number of rotatable bonds is 3. The van der Waals surface area contributed by atoms with E-state index in [1.54, 1.807) is 13.1 Å². The van der Waals surface area contributed by atoms with E-state index in [9.17, 15) is 4.79 Å². The molecule has 1 aromatic carbocycles. The number of carboxylic acids is 1. The normalized spacial score (nSPS) is 12.3. The Labute approximate surface area is 92.9 Å². The van der Waals surface area contributed by atoms with Gasteiger partial charge in [-0.3, -0.25) is 9.78 Å². The molecule has 82 valence electrons. The molecule has 0 radical (unpaired) electrons. The number of aromatic nitrogens is 1. The average Bonchev–Trinajstić information content (AvgIpc) is 2.28. The molecule has 0 aliphatic heterocycles. The van der Waals surface area contributed by atoms with Crippen LogP contribution in [0.15, 0.2) is 36.5 Å². The molecule has 0 fully saturated rings. The lowest BCUT2D eigenvalue weighted by molar-refractivity contribution is -0.137. The Hall–Kier alpha value is -2.10. The van der Waals surface area contributed by atoms with Crippen LogP contribution in [0.2, 0.25) is 0 Å². The molecule has 16 heavy (non-hydrogen) atoms. The quantitative estimate of drug-likeness (QED) is 0.824. The zero-order valence-electron chi connectivity index (χ0n) is 8.84. The molecule has 0 aliphatic carbocycles. The minimum Gasteiger partial charge on any atom is -0.480 e. The van der Waals surface area contributed by atoms with E-state index in [0.29, 0.717) is 0 Å². The third-order valence-electron chi connectivity index (χ3n) is 2.36. The third kappa shape index (κ3) is 2.11. The molecule has 1 heterocycles. The highest BCUT2D eigenvalue weighted by Crippen LogP contribution is 2.17. The van der Waals surface area contributed by atoms with Gasteiger partial charge in [-0.15, -0.1) is 0 Å². The number of aliphatic carboxylic acids is 1. The lowest BCUT2D eigenvalue weighted by Crippen LogP contribution is -2.25. The SMILES string of the molecule is CC(Nc1ccc2cccnc2c1)C(=O)O. The van der Waals surface area contributed by atoms with Crippen molar-refractivity contribution in [1.29, 1.82) is 0 Å². The number of fused-ring (bicyclic) bond motifs is 1. The molecule has 0 aliphatic rings. The highest BCUT2D eigenvalue weighted by atomic mass is 16.4. The van der Waals surface area contributed by atoms with Crippen molar-refractivity contribution in [3.8, 4) is 0 Å². The van der Waals surface area contributed by atoms with Crippen molar-refractivity contribution in [2.24, 2.45) is 0 Å². The van der Waals surface area contributed by atoms with Crippen molar-refractivity contribution in [3.05, 3.63) is 36.5 Å². The van der Waals surface area contributed by atoms with Crippen LogP contribution in [0.3, 0.4) is 0 Å². The molecule has 1 unspecified atom stereocenters. The van der Waals surface area contributed by atoms with Crippen molar-refractivity contribution in [2.75, 3.05) is 5.32 Å². The summed E-state index contributed by atoms with van der Waals surface area (Å²) in [7, 11) is 0. The van der Waals surface area contributed by atoms with Gasteiger partial charge in [0.1, 0.15) is 6.04 Å². The number of pyridine rings is 1. The summed E-state index contributed by atoms with van der Waals surface area (Å²) in [6.45, 7) is 1.60. The largest absolute Gasteiger partial charge is 0.480 e. The Bertz CT molecular complexity index is 525. The van der Waals surface area contributed by atoms with E-state index in [-0.39, 0.29) is 0 Å². The number of carboxylic acid groups (broad SMARTS) is 1. The van der Waals surface area contributed by atoms with Crippen LogP contribution in [0, 0.1) is 0 Å². The second kappa shape index (κ2) is 4.18. The van der Waals surface area contributed by atoms with Gasteiger partial charge in [0.2, 0.25) is 0 Å². The van der Waals surface area contributed by atoms with E-state index in [0.717, 1.165) is 16.6 Å². The molecule has 0 saturated heterocycles. The monoisotopic (exact) mass is 216 g/mol. The Kier molecular flexibility index (Phi) is 2.72. The lowest BCUT2D eigenvalue weighted by Gasteiger charge is -2.10. The topological polar surface area (TPSA) is 62.2 Å². The lowest BCUT2D eigenvalue weighted by atomic mass is 10.2. The molecule has 4 nitrogen and oxygen atoms in total. The van der Waals surface area contributed by atoms with Crippen molar-refractivity contribution in [2.45, 2.75) is 13.0 Å². The summed E-state index contributed by atoms with van der Waals surface area (Å²) in [6.07, 6.45) is 1.72. The van der Waals surface area contributed by atoms with Crippen LogP contribution in [0.25, 0.3) is 10.9 Å². The molecular formula is C12H12N2O2. The summed E-state index contributed by atoms with van der Waals surface area (Å²) in [5.41, 5.74) is 1.62. The van der Waals surface area contributed by atoms with E-state index in [1.165, 1.54) is 0 Å². The number of hydrogen-bond acceptors (Lipinski definition) is 3. The van der Waals surface area contributed by atoms with Gasteiger partial charge in [0.15, 0.2) is 0 Å². The molecule has 2 N–H and O–H groups in total. The number of carbonyl (C=O) groups is 1. The highest BCUT2D eigenvalue weighted by molar-refractivity contribution is 5.83. The van der Waals surface area contributed by atoms with E-state index < -0.39 is 12.0 Å². The summed E-state index contributed by atoms with van der Waals surface area (Å²) in [5.74, 6) is -0.874. The molecule has 2 aromatic rings. The fourth-order valence-electron chi connectivity index (χ4n) is 1.47. The first-order valence-electron chi connectivity index (χ1n) is 5.01. The molecule has 0 saturated carbocycles. The minimum atomic E-state index is -0.874. The van der Waals surface area contributed by atoms with E-state index in [1.807, 2.05) is 30.3 Å². The van der Waals surface area contributed by atoms with Gasteiger partial charge in [0, 0.05) is 17.3 Å². The molecule has 1 aromatic heterocycles. The number of benzene rings is 1. The van der Waals surface area contributed by atoms with Gasteiger partial charge >= 0.3 is 5.97 Å². The van der Waals surface area contributed by atoms with Crippen LogP contribution in [-0.2, 0) is 4.79 Å². The predicted octanol–water partition coefficient (Wildman–Crippen LogP) is 2.12. The van der Waals surface area contributed by atoms with Crippen LogP contribution >= 0.6 is 0 Å². The van der Waals surface area contributed by atoms with Gasteiger partial charge in [-0.25, -0.2) is 0 Å². The summed E-state index contributed by atoms with van der Waals surface area (Å²) >= 11 is 0. The van der Waals surface area contributed by atoms with Crippen molar-refractivity contribution < 1.29 is 9.90 Å². The number of hydrogen-bond donors (Lipinski definition) is 2. The minimum absolute atomic E-state index is 0.610. The van der Waals surface area contributed by atoms with Crippen molar-refractivity contribution >= 4 is 22.6 Å². The van der Waals surface area contributed by atoms with Gasteiger partial charge in [-0.05, 0) is 25.1 Å². The van der Waals surface area contributed by atoms with Gasteiger partial charge in [-0.1, -0.05) is 12.1 Å². The Morgan fingerprint density at radius 1 is 1.44 bits per heavy atom. The van der Waals surface area contributed by atoms with Gasteiger partial charge in [0.25, 0.3) is 0 Å². The fraction of sp³-hybridized carbons (Fsp3) is 0.167. The maximum Gasteiger partial charge on any atom is 0.325 e. The summed E-state index contributed by atoms with van der Waals surface area (Å²) in [6, 6.07) is 8.83. The molecular weight excluding hydrogens is 204 g/mol. The maximum absolute atomic E-state index is 10.7. The Morgan fingerprint density at radius 2 is 2.25 bits per heavy atom. The standard InChI is InChI=1S/C12H12N2O2/c1-8(12(15)16)14-10-5-4-9-3-2-6-13-11(9)7-10/h2-8,14H,1H3,(H,15,16). The van der Waals surface area contributed by atoms with E-state index in [2.05, 4.69) is 10.3 Å². The fourth-order valence-corrected chi connectivity index (χ4v) is 1.47. The van der Waals surface area contributed by atoms with Crippen LogP contribution in [0.4, 0.5) is 5.69 Å². The van der Waals surface area contributed by atoms with Gasteiger partial charge < -0.3 is 10.4 Å². The first-order chi connectivity index (χ1) is 7.66. The number of nitrogens with one attached hydrogen (secondary N) is 1.